The summed E-state index contributed by atoms with van der Waals surface area (Å²) in [4.78, 5) is 2.50. The van der Waals surface area contributed by atoms with Gasteiger partial charge in [0.25, 0.3) is 0 Å². The molecule has 0 aromatic heterocycles. The van der Waals surface area contributed by atoms with Crippen LogP contribution in [0.25, 0.3) is 0 Å². The average molecular weight is 314 g/mol. The molecule has 2 unspecified atom stereocenters. The molecule has 21 heavy (non-hydrogen) atoms. The van der Waals surface area contributed by atoms with Crippen molar-refractivity contribution in [2.24, 2.45) is 5.92 Å². The van der Waals surface area contributed by atoms with Crippen LogP contribution in [0, 0.1) is 5.92 Å². The number of thioether (sulfide) groups is 1. The van der Waals surface area contributed by atoms with Gasteiger partial charge in [0.1, 0.15) is 0 Å². The molecule has 1 N–H and O–H groups in total. The molecule has 3 aliphatic heterocycles. The van der Waals surface area contributed by atoms with E-state index < -0.39 is 0 Å². The third-order valence-electron chi connectivity index (χ3n) is 6.03. The van der Waals surface area contributed by atoms with Gasteiger partial charge in [0.2, 0.25) is 0 Å². The number of rotatable bonds is 3. The van der Waals surface area contributed by atoms with Crippen LogP contribution in [0.3, 0.4) is 0 Å². The van der Waals surface area contributed by atoms with E-state index >= 15 is 0 Å². The molecule has 0 bridgehead atoms. The van der Waals surface area contributed by atoms with Crippen molar-refractivity contribution in [3.05, 3.63) is 0 Å². The van der Waals surface area contributed by atoms with Crippen molar-refractivity contribution in [3.63, 3.8) is 0 Å². The Bertz CT molecular complexity index is 343. The van der Waals surface area contributed by atoms with Gasteiger partial charge in [-0.1, -0.05) is 0 Å². The van der Waals surface area contributed by atoms with Gasteiger partial charge in [0.05, 0.1) is 11.7 Å². The number of nitrogens with zero attached hydrogens (tertiary/aromatic N) is 1. The first kappa shape index (κ1) is 16.1. The highest BCUT2D eigenvalue weighted by Gasteiger charge is 2.46. The lowest BCUT2D eigenvalue weighted by atomic mass is 9.74. The van der Waals surface area contributed by atoms with Gasteiger partial charge in [0.15, 0.2) is 0 Å². The fourth-order valence-corrected chi connectivity index (χ4v) is 5.72. The molecule has 0 aromatic carbocycles. The van der Waals surface area contributed by atoms with E-state index in [2.05, 4.69) is 18.7 Å². The molecule has 2 atom stereocenters. The van der Waals surface area contributed by atoms with Crippen molar-refractivity contribution in [1.29, 1.82) is 0 Å². The van der Waals surface area contributed by atoms with E-state index in [0.29, 0.717) is 5.92 Å². The fourth-order valence-electron chi connectivity index (χ4n) is 4.48. The molecular formula is C17H31NO2S. The van der Waals surface area contributed by atoms with Gasteiger partial charge >= 0.3 is 0 Å². The third kappa shape index (κ3) is 3.29. The highest BCUT2D eigenvalue weighted by atomic mass is 32.2. The van der Waals surface area contributed by atoms with E-state index in [1.807, 2.05) is 11.8 Å². The monoisotopic (exact) mass is 313 g/mol. The van der Waals surface area contributed by atoms with E-state index in [-0.39, 0.29) is 17.2 Å². The predicted molar refractivity (Wildman–Crippen MR) is 88.9 cm³/mol. The second kappa shape index (κ2) is 6.38. The highest BCUT2D eigenvalue weighted by Crippen LogP contribution is 2.43. The maximum Gasteiger partial charge on any atom is 0.0748 e. The number of aliphatic hydroxyl groups is 1. The Morgan fingerprint density at radius 3 is 2.57 bits per heavy atom. The van der Waals surface area contributed by atoms with E-state index in [9.17, 15) is 5.11 Å². The van der Waals surface area contributed by atoms with Gasteiger partial charge in [-0.15, -0.1) is 0 Å². The molecule has 4 heteroatoms. The number of ether oxygens (including phenoxy) is 1. The minimum absolute atomic E-state index is 0.0796. The van der Waals surface area contributed by atoms with Gasteiger partial charge in [-0.05, 0) is 82.9 Å². The Kier molecular flexibility index (Phi) is 4.90. The smallest absolute Gasteiger partial charge is 0.0748 e. The SMILES string of the molecule is CC(C)(C(O)C1CCOC2(CCSCC2)C1)N1CCCC1. The van der Waals surface area contributed by atoms with Crippen molar-refractivity contribution in [2.75, 3.05) is 31.2 Å². The maximum absolute atomic E-state index is 11.1. The molecule has 3 saturated heterocycles. The van der Waals surface area contributed by atoms with Gasteiger partial charge in [-0.3, -0.25) is 4.90 Å². The minimum Gasteiger partial charge on any atom is -0.391 e. The molecule has 3 heterocycles. The van der Waals surface area contributed by atoms with Crippen molar-refractivity contribution in [2.45, 2.75) is 69.6 Å². The van der Waals surface area contributed by atoms with Crippen LogP contribution < -0.4 is 0 Å². The van der Waals surface area contributed by atoms with E-state index in [1.165, 1.54) is 37.2 Å². The Morgan fingerprint density at radius 2 is 1.90 bits per heavy atom. The number of likely N-dealkylation sites (tertiary alicyclic amines) is 1. The lowest BCUT2D eigenvalue weighted by molar-refractivity contribution is -0.138. The van der Waals surface area contributed by atoms with E-state index in [4.69, 9.17) is 4.74 Å². The molecule has 122 valence electrons. The zero-order valence-electron chi connectivity index (χ0n) is 13.6. The van der Waals surface area contributed by atoms with Crippen LogP contribution in [0.4, 0.5) is 0 Å². The summed E-state index contributed by atoms with van der Waals surface area (Å²) in [7, 11) is 0. The molecule has 0 saturated carbocycles. The van der Waals surface area contributed by atoms with Crippen LogP contribution in [0.5, 0.6) is 0 Å². The maximum atomic E-state index is 11.1. The van der Waals surface area contributed by atoms with Gasteiger partial charge in [-0.25, -0.2) is 0 Å². The normalized spacial score (nSPS) is 32.4. The predicted octanol–water partition coefficient (Wildman–Crippen LogP) is 2.91. The minimum atomic E-state index is -0.231. The lowest BCUT2D eigenvalue weighted by Crippen LogP contribution is -2.56. The van der Waals surface area contributed by atoms with Gasteiger partial charge < -0.3 is 9.84 Å². The number of aliphatic hydroxyl groups excluding tert-OH is 1. The zero-order valence-corrected chi connectivity index (χ0v) is 14.5. The molecule has 0 aromatic rings. The average Bonchev–Trinajstić information content (AvgIpc) is 3.02. The fraction of sp³-hybridized carbons (Fsp3) is 1.00. The van der Waals surface area contributed by atoms with Crippen molar-refractivity contribution < 1.29 is 9.84 Å². The zero-order chi connectivity index (χ0) is 14.9. The number of hydrogen-bond acceptors (Lipinski definition) is 4. The molecule has 0 aliphatic carbocycles. The van der Waals surface area contributed by atoms with Crippen molar-refractivity contribution in [3.8, 4) is 0 Å². The summed E-state index contributed by atoms with van der Waals surface area (Å²) in [5, 5.41) is 11.1. The highest BCUT2D eigenvalue weighted by molar-refractivity contribution is 7.99. The first-order valence-corrected chi connectivity index (χ1v) is 9.84. The van der Waals surface area contributed by atoms with Crippen molar-refractivity contribution in [1.82, 2.24) is 4.90 Å². The molecule has 3 nitrogen and oxygen atoms in total. The summed E-state index contributed by atoms with van der Waals surface area (Å²) in [6, 6.07) is 0. The second-order valence-electron chi connectivity index (χ2n) is 7.69. The summed E-state index contributed by atoms with van der Waals surface area (Å²) in [5.74, 6) is 2.84. The van der Waals surface area contributed by atoms with Crippen molar-refractivity contribution >= 4 is 11.8 Å². The topological polar surface area (TPSA) is 32.7 Å². The van der Waals surface area contributed by atoms with Crippen LogP contribution >= 0.6 is 11.8 Å². The molecule has 3 aliphatic rings. The summed E-state index contributed by atoms with van der Waals surface area (Å²) < 4.78 is 6.19. The van der Waals surface area contributed by atoms with Crippen LogP contribution in [0.1, 0.15) is 52.4 Å². The van der Waals surface area contributed by atoms with Crippen LogP contribution in [0.2, 0.25) is 0 Å². The Labute approximate surface area is 133 Å². The van der Waals surface area contributed by atoms with Crippen LogP contribution in [0.15, 0.2) is 0 Å². The molecule has 3 rings (SSSR count). The Hall–Kier alpha value is 0.230. The lowest BCUT2D eigenvalue weighted by Gasteiger charge is -2.49. The standard InChI is InChI=1S/C17H31NO2S/c1-16(2,18-8-3-4-9-18)15(19)14-5-10-20-17(13-14)6-11-21-12-7-17/h14-15,19H,3-13H2,1-2H3. The Balaban J connectivity index is 1.67. The summed E-state index contributed by atoms with van der Waals surface area (Å²) in [6.45, 7) is 7.61. The quantitative estimate of drug-likeness (QED) is 0.868. The summed E-state index contributed by atoms with van der Waals surface area (Å²) in [5.41, 5.74) is -0.0145. The largest absolute Gasteiger partial charge is 0.391 e. The van der Waals surface area contributed by atoms with Gasteiger partial charge in [0, 0.05) is 12.1 Å². The summed E-state index contributed by atoms with van der Waals surface area (Å²) in [6.07, 6.45) is 6.76. The summed E-state index contributed by atoms with van der Waals surface area (Å²) >= 11 is 2.05. The van der Waals surface area contributed by atoms with E-state index in [0.717, 1.165) is 32.5 Å². The second-order valence-corrected chi connectivity index (χ2v) is 8.91. The van der Waals surface area contributed by atoms with Crippen LogP contribution in [-0.4, -0.2) is 58.5 Å². The molecule has 0 radical (unpaired) electrons. The first-order valence-electron chi connectivity index (χ1n) is 8.68. The third-order valence-corrected chi connectivity index (χ3v) is 7.01. The van der Waals surface area contributed by atoms with Crippen LogP contribution in [-0.2, 0) is 4.74 Å². The Morgan fingerprint density at radius 1 is 1.24 bits per heavy atom. The van der Waals surface area contributed by atoms with E-state index in [1.54, 1.807) is 0 Å². The number of hydrogen-bond donors (Lipinski definition) is 1. The van der Waals surface area contributed by atoms with Gasteiger partial charge in [-0.2, -0.15) is 11.8 Å². The molecule has 0 amide bonds. The first-order chi connectivity index (χ1) is 10.0. The molecular weight excluding hydrogens is 282 g/mol. The molecule has 3 fully saturated rings. The molecule has 1 spiro atoms.